The van der Waals surface area contributed by atoms with Crippen LogP contribution in [0.1, 0.15) is 0 Å². The van der Waals surface area contributed by atoms with Crippen LogP contribution in [0.5, 0.6) is 0 Å². The number of rotatable bonds is 5. The standard InChI is InChI=1S/C51H31N3S/c1-2-12-32(13-3-1)39-30-45(48-44-20-10-11-21-46(44)55-47(48)31-39)42-26-27-43(41-19-9-8-18-40(41)42)51-53-49(37-24-22-33-14-4-6-16-35(33)28-37)52-50(54-51)38-25-23-34-15-5-7-17-36(34)29-38/h1-31H. The highest BCUT2D eigenvalue weighted by molar-refractivity contribution is 7.26. The average Bonchev–Trinajstić information content (AvgIpc) is 3.64. The quantitative estimate of drug-likeness (QED) is 0.178. The Hall–Kier alpha value is -7.01. The van der Waals surface area contributed by atoms with Crippen molar-refractivity contribution in [3.05, 3.63) is 188 Å². The third kappa shape index (κ3) is 5.46. The second kappa shape index (κ2) is 12.8. The molecule has 0 saturated heterocycles. The van der Waals surface area contributed by atoms with Gasteiger partial charge in [0.2, 0.25) is 0 Å². The van der Waals surface area contributed by atoms with Gasteiger partial charge in [0.15, 0.2) is 17.5 Å². The molecule has 0 amide bonds. The van der Waals surface area contributed by atoms with Crippen LogP contribution in [0.2, 0.25) is 0 Å². The van der Waals surface area contributed by atoms with Crippen LogP contribution in [0.25, 0.3) is 109 Å². The highest BCUT2D eigenvalue weighted by Gasteiger charge is 2.19. The molecule has 0 bridgehead atoms. The van der Waals surface area contributed by atoms with Gasteiger partial charge in [-0.15, -0.1) is 11.3 Å². The summed E-state index contributed by atoms with van der Waals surface area (Å²) in [5.74, 6) is 1.94. The first-order chi connectivity index (χ1) is 27.2. The van der Waals surface area contributed by atoms with Crippen molar-refractivity contribution in [1.82, 2.24) is 15.0 Å². The van der Waals surface area contributed by atoms with Crippen LogP contribution in [0.4, 0.5) is 0 Å². The van der Waals surface area contributed by atoms with Gasteiger partial charge in [-0.3, -0.25) is 0 Å². The number of nitrogens with zero attached hydrogens (tertiary/aromatic N) is 3. The summed E-state index contributed by atoms with van der Waals surface area (Å²) in [4.78, 5) is 15.6. The lowest BCUT2D eigenvalue weighted by Crippen LogP contribution is -2.01. The molecule has 0 saturated carbocycles. The summed E-state index contributed by atoms with van der Waals surface area (Å²) in [5.41, 5.74) is 7.70. The molecule has 0 N–H and O–H groups in total. The van der Waals surface area contributed by atoms with E-state index in [1.54, 1.807) is 0 Å². The Morgan fingerprint density at radius 2 is 0.818 bits per heavy atom. The molecule has 4 heteroatoms. The Morgan fingerprint density at radius 1 is 0.291 bits per heavy atom. The molecule has 55 heavy (non-hydrogen) atoms. The van der Waals surface area contributed by atoms with Gasteiger partial charge in [-0.1, -0.05) is 152 Å². The lowest BCUT2D eigenvalue weighted by atomic mass is 9.90. The maximum atomic E-state index is 5.24. The van der Waals surface area contributed by atoms with Crippen molar-refractivity contribution >= 4 is 63.8 Å². The van der Waals surface area contributed by atoms with Gasteiger partial charge < -0.3 is 0 Å². The van der Waals surface area contributed by atoms with Crippen LogP contribution in [0, 0.1) is 0 Å². The SMILES string of the molecule is c1ccc(-c2cc(-c3ccc(-c4nc(-c5ccc6ccccc6c5)nc(-c5ccc6ccccc6c5)n4)c4ccccc34)c3c(c2)sc2ccccc23)cc1. The van der Waals surface area contributed by atoms with Gasteiger partial charge in [-0.25, -0.2) is 15.0 Å². The molecule has 256 valence electrons. The molecule has 11 rings (SSSR count). The van der Waals surface area contributed by atoms with E-state index in [9.17, 15) is 0 Å². The fourth-order valence-corrected chi connectivity index (χ4v) is 9.18. The first-order valence-electron chi connectivity index (χ1n) is 18.5. The Balaban J connectivity index is 1.15. The molecular formula is C51H31N3S. The zero-order valence-corrected chi connectivity index (χ0v) is 30.5. The third-order valence-corrected chi connectivity index (χ3v) is 11.8. The minimum Gasteiger partial charge on any atom is -0.208 e. The Morgan fingerprint density at radius 3 is 1.49 bits per heavy atom. The molecule has 11 aromatic rings. The molecule has 0 aliphatic carbocycles. The van der Waals surface area contributed by atoms with Crippen molar-refractivity contribution in [3.63, 3.8) is 0 Å². The molecule has 0 unspecified atom stereocenters. The van der Waals surface area contributed by atoms with Crippen LogP contribution in [-0.2, 0) is 0 Å². The largest absolute Gasteiger partial charge is 0.208 e. The first kappa shape index (κ1) is 31.5. The van der Waals surface area contributed by atoms with Gasteiger partial charge in [-0.2, -0.15) is 0 Å². The summed E-state index contributed by atoms with van der Waals surface area (Å²) in [5, 5.41) is 9.47. The van der Waals surface area contributed by atoms with E-state index in [0.29, 0.717) is 17.5 Å². The summed E-state index contributed by atoms with van der Waals surface area (Å²) >= 11 is 1.86. The molecule has 0 radical (unpaired) electrons. The zero-order valence-electron chi connectivity index (χ0n) is 29.6. The Kier molecular flexibility index (Phi) is 7.35. The molecule has 0 spiro atoms. The predicted molar refractivity (Wildman–Crippen MR) is 232 cm³/mol. The topological polar surface area (TPSA) is 38.7 Å². The number of fused-ring (bicyclic) bond motifs is 6. The fraction of sp³-hybridized carbons (Fsp3) is 0. The number of hydrogen-bond acceptors (Lipinski definition) is 4. The van der Waals surface area contributed by atoms with E-state index in [1.807, 2.05) is 11.3 Å². The van der Waals surface area contributed by atoms with Crippen molar-refractivity contribution in [1.29, 1.82) is 0 Å². The van der Waals surface area contributed by atoms with Gasteiger partial charge in [-0.05, 0) is 91.0 Å². The summed E-state index contributed by atoms with van der Waals surface area (Å²) in [7, 11) is 0. The lowest BCUT2D eigenvalue weighted by molar-refractivity contribution is 1.08. The minimum atomic E-state index is 0.647. The van der Waals surface area contributed by atoms with E-state index >= 15 is 0 Å². The second-order valence-corrected chi connectivity index (χ2v) is 15.1. The molecule has 0 aliphatic heterocycles. The van der Waals surface area contributed by atoms with Crippen LogP contribution in [-0.4, -0.2) is 15.0 Å². The average molecular weight is 718 g/mol. The molecule has 2 heterocycles. The van der Waals surface area contributed by atoms with Crippen molar-refractivity contribution < 1.29 is 0 Å². The van der Waals surface area contributed by atoms with E-state index in [2.05, 4.69) is 188 Å². The molecule has 0 fully saturated rings. The summed E-state index contributed by atoms with van der Waals surface area (Å²) < 4.78 is 2.57. The number of hydrogen-bond donors (Lipinski definition) is 0. The van der Waals surface area contributed by atoms with Crippen LogP contribution >= 0.6 is 11.3 Å². The summed E-state index contributed by atoms with van der Waals surface area (Å²) in [6.45, 7) is 0. The monoisotopic (exact) mass is 717 g/mol. The van der Waals surface area contributed by atoms with Gasteiger partial charge >= 0.3 is 0 Å². The van der Waals surface area contributed by atoms with E-state index in [-0.39, 0.29) is 0 Å². The van der Waals surface area contributed by atoms with Crippen LogP contribution < -0.4 is 0 Å². The lowest BCUT2D eigenvalue weighted by Gasteiger charge is -2.15. The van der Waals surface area contributed by atoms with Gasteiger partial charge in [0, 0.05) is 36.9 Å². The van der Waals surface area contributed by atoms with Gasteiger partial charge in [0.05, 0.1) is 0 Å². The predicted octanol–water partition coefficient (Wildman–Crippen LogP) is 14.0. The third-order valence-electron chi connectivity index (χ3n) is 10.7. The molecule has 0 atom stereocenters. The Labute approximate surface area is 321 Å². The first-order valence-corrected chi connectivity index (χ1v) is 19.3. The molecule has 0 aliphatic rings. The van der Waals surface area contributed by atoms with Crippen molar-refractivity contribution in [2.75, 3.05) is 0 Å². The van der Waals surface area contributed by atoms with Crippen molar-refractivity contribution in [3.8, 4) is 56.4 Å². The molecule has 9 aromatic carbocycles. The normalized spacial score (nSPS) is 11.6. The highest BCUT2D eigenvalue weighted by Crippen LogP contribution is 2.45. The van der Waals surface area contributed by atoms with E-state index in [1.165, 1.54) is 53.2 Å². The van der Waals surface area contributed by atoms with E-state index in [0.717, 1.165) is 38.2 Å². The maximum Gasteiger partial charge on any atom is 0.164 e. The molecule has 3 nitrogen and oxygen atoms in total. The molecule has 2 aromatic heterocycles. The van der Waals surface area contributed by atoms with E-state index < -0.39 is 0 Å². The van der Waals surface area contributed by atoms with E-state index in [4.69, 9.17) is 15.0 Å². The van der Waals surface area contributed by atoms with Crippen LogP contribution in [0.3, 0.4) is 0 Å². The minimum absolute atomic E-state index is 0.647. The number of aromatic nitrogens is 3. The maximum absolute atomic E-state index is 5.24. The van der Waals surface area contributed by atoms with Crippen LogP contribution in [0.15, 0.2) is 188 Å². The number of benzene rings is 9. The summed E-state index contributed by atoms with van der Waals surface area (Å²) in [6, 6.07) is 67.0. The summed E-state index contributed by atoms with van der Waals surface area (Å²) in [6.07, 6.45) is 0. The zero-order chi connectivity index (χ0) is 36.3. The smallest absolute Gasteiger partial charge is 0.164 e. The number of thiophene rings is 1. The molecular weight excluding hydrogens is 687 g/mol. The fourth-order valence-electron chi connectivity index (χ4n) is 8.00. The van der Waals surface area contributed by atoms with Gasteiger partial charge in [0.1, 0.15) is 0 Å². The Bertz CT molecular complexity index is 3180. The highest BCUT2D eigenvalue weighted by atomic mass is 32.1. The van der Waals surface area contributed by atoms with Crippen molar-refractivity contribution in [2.45, 2.75) is 0 Å². The second-order valence-electron chi connectivity index (χ2n) is 14.0. The van der Waals surface area contributed by atoms with Crippen molar-refractivity contribution in [2.24, 2.45) is 0 Å². The van der Waals surface area contributed by atoms with Gasteiger partial charge in [0.25, 0.3) is 0 Å².